The minimum absolute atomic E-state index is 0.0408. The highest BCUT2D eigenvalue weighted by atomic mass is 16.6. The van der Waals surface area contributed by atoms with E-state index in [-0.39, 0.29) is 24.5 Å². The molecule has 43 heavy (non-hydrogen) atoms. The van der Waals surface area contributed by atoms with Crippen molar-refractivity contribution in [3.8, 4) is 0 Å². The number of ether oxygens (including phenoxy) is 2. The van der Waals surface area contributed by atoms with Crippen molar-refractivity contribution in [2.45, 2.75) is 70.6 Å². The molecule has 3 aromatic rings. The first-order valence-electron chi connectivity index (χ1n) is 14.9. The van der Waals surface area contributed by atoms with Crippen LogP contribution >= 0.6 is 0 Å². The Bertz CT molecular complexity index is 1430. The normalized spacial score (nSPS) is 17.9. The van der Waals surface area contributed by atoms with E-state index in [9.17, 15) is 14.4 Å². The molecule has 2 atom stereocenters. The summed E-state index contributed by atoms with van der Waals surface area (Å²) in [5.41, 5.74) is 3.94. The Morgan fingerprint density at radius 2 is 1.58 bits per heavy atom. The van der Waals surface area contributed by atoms with Gasteiger partial charge in [0.15, 0.2) is 0 Å². The van der Waals surface area contributed by atoms with Crippen molar-refractivity contribution in [2.24, 2.45) is 0 Å². The quantitative estimate of drug-likeness (QED) is 0.262. The average Bonchev–Trinajstić information content (AvgIpc) is 3.75. The maximum atomic E-state index is 13.2. The molecule has 9 heteroatoms. The molecule has 226 valence electrons. The Morgan fingerprint density at radius 1 is 0.860 bits per heavy atom. The topological polar surface area (TPSA) is 109 Å². The van der Waals surface area contributed by atoms with Crippen LogP contribution in [0.3, 0.4) is 0 Å². The predicted octanol–water partition coefficient (Wildman–Crippen LogP) is 7.06. The first-order valence-corrected chi connectivity index (χ1v) is 14.9. The van der Waals surface area contributed by atoms with Gasteiger partial charge in [-0.3, -0.25) is 10.1 Å². The lowest BCUT2D eigenvalue weighted by molar-refractivity contribution is 0.0522. The van der Waals surface area contributed by atoms with Crippen LogP contribution in [-0.4, -0.2) is 42.8 Å². The van der Waals surface area contributed by atoms with E-state index in [1.54, 1.807) is 12.1 Å². The summed E-state index contributed by atoms with van der Waals surface area (Å²) in [6.45, 7) is 7.45. The first-order chi connectivity index (χ1) is 20.6. The van der Waals surface area contributed by atoms with E-state index in [0.29, 0.717) is 16.9 Å². The van der Waals surface area contributed by atoms with Gasteiger partial charge in [0.25, 0.3) is 5.91 Å². The van der Waals surface area contributed by atoms with Gasteiger partial charge in [-0.15, -0.1) is 0 Å². The fourth-order valence-corrected chi connectivity index (χ4v) is 5.26. The van der Waals surface area contributed by atoms with Gasteiger partial charge >= 0.3 is 12.2 Å². The number of amides is 3. The third-order valence-electron chi connectivity index (χ3n) is 7.49. The second-order valence-corrected chi connectivity index (χ2v) is 12.1. The highest BCUT2D eigenvalue weighted by molar-refractivity contribution is 6.06. The van der Waals surface area contributed by atoms with Crippen molar-refractivity contribution in [2.75, 3.05) is 28.6 Å². The van der Waals surface area contributed by atoms with E-state index in [2.05, 4.69) is 20.9 Å². The molecule has 0 radical (unpaired) electrons. The molecule has 0 bridgehead atoms. The number of carbonyl (C=O) groups is 3. The van der Waals surface area contributed by atoms with Crippen molar-refractivity contribution < 1.29 is 23.9 Å². The third kappa shape index (κ3) is 8.50. The summed E-state index contributed by atoms with van der Waals surface area (Å²) in [4.78, 5) is 40.3. The zero-order valence-electron chi connectivity index (χ0n) is 25.0. The summed E-state index contributed by atoms with van der Waals surface area (Å²) in [5, 5.41) is 8.74. The molecular formula is C34H40N4O5. The summed E-state index contributed by atoms with van der Waals surface area (Å²) >= 11 is 0. The molecule has 0 aromatic heterocycles. The van der Waals surface area contributed by atoms with Crippen LogP contribution in [0, 0.1) is 0 Å². The number of carbonyl (C=O) groups excluding carboxylic acids is 3. The number of hydrogen-bond acceptors (Lipinski definition) is 6. The molecule has 2 aliphatic rings. The average molecular weight is 585 g/mol. The smallest absolute Gasteiger partial charge is 0.412 e. The van der Waals surface area contributed by atoms with Crippen LogP contribution < -0.4 is 20.9 Å². The number of nitrogens with one attached hydrogen (secondary N) is 3. The number of anilines is 3. The molecule has 1 heterocycles. The number of piperidine rings is 1. The number of benzene rings is 3. The standard InChI is InChI=1S/C34H40N4O5/c1-34(2,3)43-33(41)36-28-21-27(28)24-12-15-26(16-13-24)35-31(39)25-14-17-30(38-18-8-5-9-19-38)29(20-25)37-32(40)42-22-23-10-6-4-7-11-23/h4,6-7,10-17,20,27-28H,5,8-9,18-19,21-22H2,1-3H3,(H,35,39)(H,36,41)(H,37,40). The van der Waals surface area contributed by atoms with E-state index in [4.69, 9.17) is 9.47 Å². The summed E-state index contributed by atoms with van der Waals surface area (Å²) in [7, 11) is 0. The van der Waals surface area contributed by atoms with Gasteiger partial charge in [0.2, 0.25) is 0 Å². The monoisotopic (exact) mass is 584 g/mol. The number of alkyl carbamates (subject to hydrolysis) is 1. The Morgan fingerprint density at radius 3 is 2.28 bits per heavy atom. The molecular weight excluding hydrogens is 544 g/mol. The maximum absolute atomic E-state index is 13.2. The Hall–Kier alpha value is -4.53. The highest BCUT2D eigenvalue weighted by Crippen LogP contribution is 2.41. The Balaban J connectivity index is 1.22. The molecule has 9 nitrogen and oxygen atoms in total. The summed E-state index contributed by atoms with van der Waals surface area (Å²) in [6.07, 6.45) is 3.20. The first kappa shape index (κ1) is 29.9. The fraction of sp³-hybridized carbons (Fsp3) is 0.382. The van der Waals surface area contributed by atoms with E-state index >= 15 is 0 Å². The molecule has 2 fully saturated rings. The lowest BCUT2D eigenvalue weighted by Gasteiger charge is -2.30. The van der Waals surface area contributed by atoms with Crippen molar-refractivity contribution >= 4 is 35.2 Å². The number of hydrogen-bond donors (Lipinski definition) is 3. The van der Waals surface area contributed by atoms with Crippen LogP contribution in [-0.2, 0) is 16.1 Å². The maximum Gasteiger partial charge on any atom is 0.412 e. The zero-order chi connectivity index (χ0) is 30.4. The molecule has 1 aliphatic heterocycles. The van der Waals surface area contributed by atoms with Gasteiger partial charge in [-0.2, -0.15) is 0 Å². The molecule has 3 aromatic carbocycles. The van der Waals surface area contributed by atoms with Crippen molar-refractivity contribution in [3.63, 3.8) is 0 Å². The van der Waals surface area contributed by atoms with E-state index in [1.807, 2.05) is 81.4 Å². The minimum atomic E-state index is -0.574. The predicted molar refractivity (Wildman–Crippen MR) is 168 cm³/mol. The van der Waals surface area contributed by atoms with Gasteiger partial charge in [0.05, 0.1) is 11.4 Å². The lowest BCUT2D eigenvalue weighted by Crippen LogP contribution is -2.34. The van der Waals surface area contributed by atoms with Gasteiger partial charge in [-0.1, -0.05) is 42.5 Å². The zero-order valence-corrected chi connectivity index (χ0v) is 25.0. The molecule has 0 spiro atoms. The molecule has 3 N–H and O–H groups in total. The van der Waals surface area contributed by atoms with Crippen molar-refractivity contribution in [1.82, 2.24) is 5.32 Å². The second-order valence-electron chi connectivity index (χ2n) is 12.1. The van der Waals surface area contributed by atoms with Crippen LogP contribution in [0.5, 0.6) is 0 Å². The van der Waals surface area contributed by atoms with Crippen LogP contribution in [0.1, 0.15) is 73.9 Å². The number of nitrogens with zero attached hydrogens (tertiary/aromatic N) is 1. The minimum Gasteiger partial charge on any atom is -0.444 e. The van der Waals surface area contributed by atoms with Gasteiger partial charge in [-0.05, 0) is 87.9 Å². The van der Waals surface area contributed by atoms with Crippen LogP contribution in [0.2, 0.25) is 0 Å². The van der Waals surface area contributed by atoms with Crippen molar-refractivity contribution in [3.05, 3.63) is 89.5 Å². The lowest BCUT2D eigenvalue weighted by atomic mass is 10.1. The molecule has 5 rings (SSSR count). The summed E-state index contributed by atoms with van der Waals surface area (Å²) in [6, 6.07) is 22.6. The van der Waals surface area contributed by atoms with Gasteiger partial charge in [0.1, 0.15) is 12.2 Å². The third-order valence-corrected chi connectivity index (χ3v) is 7.49. The van der Waals surface area contributed by atoms with E-state index in [0.717, 1.165) is 49.2 Å². The molecule has 1 aliphatic carbocycles. The van der Waals surface area contributed by atoms with Crippen LogP contribution in [0.15, 0.2) is 72.8 Å². The summed E-state index contributed by atoms with van der Waals surface area (Å²) < 4.78 is 10.8. The van der Waals surface area contributed by atoms with Crippen molar-refractivity contribution in [1.29, 1.82) is 0 Å². The molecule has 1 saturated carbocycles. The Labute approximate surface area is 252 Å². The van der Waals surface area contributed by atoms with Crippen LogP contribution in [0.4, 0.5) is 26.7 Å². The molecule has 1 saturated heterocycles. The van der Waals surface area contributed by atoms with Gasteiger partial charge < -0.3 is 25.0 Å². The summed E-state index contributed by atoms with van der Waals surface area (Å²) in [5.74, 6) is -0.0654. The second kappa shape index (κ2) is 13.2. The largest absolute Gasteiger partial charge is 0.444 e. The Kier molecular flexibility index (Phi) is 9.19. The van der Waals surface area contributed by atoms with E-state index in [1.165, 1.54) is 6.42 Å². The van der Waals surface area contributed by atoms with Gasteiger partial charge in [0, 0.05) is 36.3 Å². The highest BCUT2D eigenvalue weighted by Gasteiger charge is 2.40. The van der Waals surface area contributed by atoms with Crippen LogP contribution in [0.25, 0.3) is 0 Å². The molecule has 2 unspecified atom stereocenters. The SMILES string of the molecule is CC(C)(C)OC(=O)NC1CC1c1ccc(NC(=O)c2ccc(N3CCCCC3)c(NC(=O)OCc3ccccc3)c2)cc1. The van der Waals surface area contributed by atoms with Gasteiger partial charge in [-0.25, -0.2) is 9.59 Å². The fourth-order valence-electron chi connectivity index (χ4n) is 5.26. The number of rotatable bonds is 8. The molecule has 3 amide bonds. The van der Waals surface area contributed by atoms with E-state index < -0.39 is 17.8 Å².